The van der Waals surface area contributed by atoms with Gasteiger partial charge in [0, 0.05) is 6.61 Å². The molecule has 0 fully saturated rings. The summed E-state index contributed by atoms with van der Waals surface area (Å²) in [6.07, 6.45) is 12.3. The van der Waals surface area contributed by atoms with E-state index in [0.29, 0.717) is 5.92 Å². The summed E-state index contributed by atoms with van der Waals surface area (Å²) in [4.78, 5) is 0. The van der Waals surface area contributed by atoms with Crippen LogP contribution in [0.2, 0.25) is 5.04 Å². The molecule has 0 heterocycles. The lowest BCUT2D eigenvalue weighted by molar-refractivity contribution is 0.233. The molecule has 1 nitrogen and oxygen atoms in total. The van der Waals surface area contributed by atoms with Crippen molar-refractivity contribution in [1.29, 1.82) is 0 Å². The van der Waals surface area contributed by atoms with Gasteiger partial charge in [0.25, 0.3) is 8.32 Å². The molecule has 0 amide bonds. The topological polar surface area (TPSA) is 9.23 Å². The first kappa shape index (κ1) is 27.9. The third-order valence-corrected chi connectivity index (χ3v) is 12.2. The molecule has 0 aliphatic heterocycles. The van der Waals surface area contributed by atoms with Crippen molar-refractivity contribution < 1.29 is 4.43 Å². The Morgan fingerprint density at radius 2 is 1.15 bits per heavy atom. The summed E-state index contributed by atoms with van der Waals surface area (Å²) in [6, 6.07) is 22.1. The molecular formula is C31H50OSi. The van der Waals surface area contributed by atoms with E-state index in [-0.39, 0.29) is 5.04 Å². The van der Waals surface area contributed by atoms with Gasteiger partial charge in [0.05, 0.1) is 0 Å². The van der Waals surface area contributed by atoms with E-state index in [9.17, 15) is 0 Å². The highest BCUT2D eigenvalue weighted by Crippen LogP contribution is 2.37. The van der Waals surface area contributed by atoms with E-state index in [1.807, 2.05) is 0 Å². The molecule has 0 spiro atoms. The molecule has 0 saturated heterocycles. The first-order valence-corrected chi connectivity index (χ1v) is 15.5. The van der Waals surface area contributed by atoms with E-state index >= 15 is 0 Å². The van der Waals surface area contributed by atoms with Crippen LogP contribution in [0.3, 0.4) is 0 Å². The van der Waals surface area contributed by atoms with E-state index in [1.54, 1.807) is 0 Å². The highest BCUT2D eigenvalue weighted by Gasteiger charge is 2.50. The molecule has 0 unspecified atom stereocenters. The summed E-state index contributed by atoms with van der Waals surface area (Å²) in [5.41, 5.74) is 0. The van der Waals surface area contributed by atoms with Crippen LogP contribution in [-0.4, -0.2) is 14.9 Å². The summed E-state index contributed by atoms with van der Waals surface area (Å²) in [5, 5.41) is 2.82. The molecular weight excluding hydrogens is 416 g/mol. The average Bonchev–Trinajstić information content (AvgIpc) is 2.80. The van der Waals surface area contributed by atoms with Crippen molar-refractivity contribution in [3.63, 3.8) is 0 Å². The van der Waals surface area contributed by atoms with E-state index in [1.165, 1.54) is 68.2 Å². The minimum absolute atomic E-state index is 0.0573. The van der Waals surface area contributed by atoms with E-state index in [2.05, 4.69) is 102 Å². The van der Waals surface area contributed by atoms with Gasteiger partial charge in [0.1, 0.15) is 0 Å². The Labute approximate surface area is 206 Å². The van der Waals surface area contributed by atoms with Crippen molar-refractivity contribution >= 4 is 18.7 Å². The van der Waals surface area contributed by atoms with E-state index in [4.69, 9.17) is 4.43 Å². The lowest BCUT2D eigenvalue weighted by Gasteiger charge is -2.43. The molecule has 2 heteroatoms. The lowest BCUT2D eigenvalue weighted by Crippen LogP contribution is -2.66. The van der Waals surface area contributed by atoms with Gasteiger partial charge in [0.2, 0.25) is 0 Å². The fourth-order valence-corrected chi connectivity index (χ4v) is 9.86. The number of rotatable bonds is 15. The molecule has 2 aromatic rings. The predicted octanol–water partition coefficient (Wildman–Crippen LogP) is 8.37. The first-order valence-electron chi connectivity index (χ1n) is 13.6. The van der Waals surface area contributed by atoms with Crippen molar-refractivity contribution in [2.24, 2.45) is 11.8 Å². The maximum atomic E-state index is 7.13. The molecule has 33 heavy (non-hydrogen) atoms. The standard InChI is InChI=1S/C31H50OSi/c1-7-8-9-10-13-19-27(2)20-18-21-28(3)26-32-33(31(4,5)6,29-22-14-11-15-23-29)30-24-16-12-17-25-30/h11-12,14-17,22-25,27-28H,7-10,13,18-21,26H2,1-6H3/t27-,28-/m0/s1. The Kier molecular flexibility index (Phi) is 11.9. The number of benzene rings is 2. The summed E-state index contributed by atoms with van der Waals surface area (Å²) in [7, 11) is -2.40. The van der Waals surface area contributed by atoms with Crippen LogP contribution in [0.5, 0.6) is 0 Å². The Balaban J connectivity index is 1.98. The predicted molar refractivity (Wildman–Crippen MR) is 149 cm³/mol. The van der Waals surface area contributed by atoms with E-state index in [0.717, 1.165) is 12.5 Å². The van der Waals surface area contributed by atoms with Crippen LogP contribution in [0.4, 0.5) is 0 Å². The number of hydrogen-bond donors (Lipinski definition) is 0. The van der Waals surface area contributed by atoms with Crippen LogP contribution in [0.15, 0.2) is 60.7 Å². The van der Waals surface area contributed by atoms with Gasteiger partial charge in [-0.1, -0.05) is 154 Å². The maximum absolute atomic E-state index is 7.13. The highest BCUT2D eigenvalue weighted by molar-refractivity contribution is 6.99. The zero-order valence-corrected chi connectivity index (χ0v) is 23.4. The third kappa shape index (κ3) is 8.41. The van der Waals surface area contributed by atoms with Crippen molar-refractivity contribution in [2.75, 3.05) is 6.61 Å². The largest absolute Gasteiger partial charge is 0.407 e. The van der Waals surface area contributed by atoms with Gasteiger partial charge >= 0.3 is 0 Å². The molecule has 0 N–H and O–H groups in total. The van der Waals surface area contributed by atoms with Crippen molar-refractivity contribution in [3.8, 4) is 0 Å². The second-order valence-electron chi connectivity index (χ2n) is 11.3. The monoisotopic (exact) mass is 466 g/mol. The van der Waals surface area contributed by atoms with Crippen LogP contribution in [0, 0.1) is 11.8 Å². The molecule has 2 aromatic carbocycles. The second kappa shape index (κ2) is 14.1. The minimum Gasteiger partial charge on any atom is -0.407 e. The average molecular weight is 467 g/mol. The normalized spacial score (nSPS) is 14.2. The Morgan fingerprint density at radius 1 is 0.667 bits per heavy atom. The molecule has 0 aliphatic carbocycles. The van der Waals surface area contributed by atoms with Gasteiger partial charge < -0.3 is 4.43 Å². The summed E-state index contributed by atoms with van der Waals surface area (Å²) >= 11 is 0. The van der Waals surface area contributed by atoms with Gasteiger partial charge in [-0.25, -0.2) is 0 Å². The molecule has 0 bridgehead atoms. The van der Waals surface area contributed by atoms with Crippen LogP contribution in [0.1, 0.15) is 99.3 Å². The zero-order valence-electron chi connectivity index (χ0n) is 22.4. The van der Waals surface area contributed by atoms with Crippen LogP contribution >= 0.6 is 0 Å². The van der Waals surface area contributed by atoms with Crippen molar-refractivity contribution in [2.45, 2.75) is 104 Å². The maximum Gasteiger partial charge on any atom is 0.261 e. The Hall–Kier alpha value is -1.38. The SMILES string of the molecule is CCCCCCC[C@H](C)CCC[C@H](C)CO[Si](c1ccccc1)(c1ccccc1)C(C)(C)C. The smallest absolute Gasteiger partial charge is 0.261 e. The molecule has 0 aliphatic rings. The molecule has 2 atom stereocenters. The summed E-state index contributed by atoms with van der Waals surface area (Å²) < 4.78 is 7.13. The quantitative estimate of drug-likeness (QED) is 0.189. The Bertz CT molecular complexity index is 710. The number of unbranched alkanes of at least 4 members (excludes halogenated alkanes) is 4. The molecule has 0 saturated carbocycles. The van der Waals surface area contributed by atoms with Gasteiger partial charge in [-0.3, -0.25) is 0 Å². The molecule has 2 rings (SSSR count). The minimum atomic E-state index is -2.40. The molecule has 0 radical (unpaired) electrons. The van der Waals surface area contributed by atoms with Crippen LogP contribution < -0.4 is 10.4 Å². The lowest BCUT2D eigenvalue weighted by atomic mass is 9.94. The second-order valence-corrected chi connectivity index (χ2v) is 15.6. The summed E-state index contributed by atoms with van der Waals surface area (Å²) in [6.45, 7) is 15.1. The summed E-state index contributed by atoms with van der Waals surface area (Å²) in [5.74, 6) is 1.44. The number of hydrogen-bond acceptors (Lipinski definition) is 1. The van der Waals surface area contributed by atoms with Crippen molar-refractivity contribution in [3.05, 3.63) is 60.7 Å². The molecule has 0 aromatic heterocycles. The van der Waals surface area contributed by atoms with Crippen LogP contribution in [-0.2, 0) is 4.43 Å². The van der Waals surface area contributed by atoms with Gasteiger partial charge in [-0.2, -0.15) is 0 Å². The fraction of sp³-hybridized carbons (Fsp3) is 0.613. The van der Waals surface area contributed by atoms with Crippen molar-refractivity contribution in [1.82, 2.24) is 0 Å². The van der Waals surface area contributed by atoms with E-state index < -0.39 is 8.32 Å². The zero-order chi connectivity index (χ0) is 24.2. The van der Waals surface area contributed by atoms with Gasteiger partial charge in [0.15, 0.2) is 0 Å². The fourth-order valence-electron chi connectivity index (χ4n) is 5.17. The van der Waals surface area contributed by atoms with Gasteiger partial charge in [-0.15, -0.1) is 0 Å². The molecule has 184 valence electrons. The van der Waals surface area contributed by atoms with Crippen LogP contribution in [0.25, 0.3) is 0 Å². The van der Waals surface area contributed by atoms with Gasteiger partial charge in [-0.05, 0) is 33.7 Å². The first-order chi connectivity index (χ1) is 15.8. The Morgan fingerprint density at radius 3 is 1.67 bits per heavy atom. The highest BCUT2D eigenvalue weighted by atomic mass is 28.4. The third-order valence-electron chi connectivity index (χ3n) is 7.20.